The van der Waals surface area contributed by atoms with Gasteiger partial charge in [0.25, 0.3) is 0 Å². The van der Waals surface area contributed by atoms with Gasteiger partial charge in [-0.05, 0) is 6.42 Å². The fraction of sp³-hybridized carbons (Fsp3) is 0.667. The number of unbranched alkanes of at least 4 members (excludes halogenated alkanes) is 5. The average molecular weight is 238 g/mol. The van der Waals surface area contributed by atoms with Crippen molar-refractivity contribution in [1.82, 2.24) is 9.97 Å². The van der Waals surface area contributed by atoms with Crippen molar-refractivity contribution in [2.24, 2.45) is 5.84 Å². The number of hydrogen-bond donors (Lipinski definition) is 2. The maximum atomic E-state index is 5.51. The highest BCUT2D eigenvalue weighted by Gasteiger charge is 1.98. The molecule has 3 N–H and O–H groups in total. The molecule has 0 saturated heterocycles. The summed E-state index contributed by atoms with van der Waals surface area (Å²) in [6.07, 6.45) is 8.95. The lowest BCUT2D eigenvalue weighted by atomic mass is 10.1. The summed E-state index contributed by atoms with van der Waals surface area (Å²) in [5, 5.41) is 0. The Morgan fingerprint density at radius 3 is 2.71 bits per heavy atom. The van der Waals surface area contributed by atoms with Gasteiger partial charge in [0.05, 0.1) is 6.61 Å². The van der Waals surface area contributed by atoms with E-state index in [1.165, 1.54) is 38.4 Å². The third-order valence-electron chi connectivity index (χ3n) is 2.54. The lowest BCUT2D eigenvalue weighted by molar-refractivity contribution is 0.293. The van der Waals surface area contributed by atoms with E-state index in [4.69, 9.17) is 10.6 Å². The summed E-state index contributed by atoms with van der Waals surface area (Å²) in [7, 11) is 0. The van der Waals surface area contributed by atoms with Crippen LogP contribution in [0.5, 0.6) is 5.88 Å². The van der Waals surface area contributed by atoms with Crippen molar-refractivity contribution < 1.29 is 4.74 Å². The number of nitrogen functional groups attached to an aromatic ring is 1. The monoisotopic (exact) mass is 238 g/mol. The molecular weight excluding hydrogens is 216 g/mol. The first-order valence-corrected chi connectivity index (χ1v) is 6.28. The Labute approximate surface area is 103 Å². The highest BCUT2D eigenvalue weighted by atomic mass is 16.5. The van der Waals surface area contributed by atoms with Crippen LogP contribution in [0.15, 0.2) is 12.4 Å². The van der Waals surface area contributed by atoms with E-state index >= 15 is 0 Å². The van der Waals surface area contributed by atoms with Gasteiger partial charge in [0.2, 0.25) is 5.88 Å². The van der Waals surface area contributed by atoms with Crippen LogP contribution >= 0.6 is 0 Å². The van der Waals surface area contributed by atoms with Crippen LogP contribution in [0, 0.1) is 0 Å². The van der Waals surface area contributed by atoms with E-state index in [2.05, 4.69) is 22.3 Å². The molecule has 0 aliphatic rings. The average Bonchev–Trinajstić information content (AvgIpc) is 2.38. The van der Waals surface area contributed by atoms with E-state index in [0.29, 0.717) is 18.3 Å². The van der Waals surface area contributed by atoms with Crippen molar-refractivity contribution in [1.29, 1.82) is 0 Å². The fourth-order valence-electron chi connectivity index (χ4n) is 1.56. The number of anilines is 1. The fourth-order valence-corrected chi connectivity index (χ4v) is 1.56. The molecule has 96 valence electrons. The largest absolute Gasteiger partial charge is 0.478 e. The van der Waals surface area contributed by atoms with Crippen LogP contribution in [0.25, 0.3) is 0 Å². The zero-order valence-corrected chi connectivity index (χ0v) is 10.5. The number of nitrogens with zero attached hydrogens (tertiary/aromatic N) is 2. The first-order valence-electron chi connectivity index (χ1n) is 6.28. The first-order chi connectivity index (χ1) is 8.36. The molecule has 0 radical (unpaired) electrons. The van der Waals surface area contributed by atoms with Gasteiger partial charge in [-0.25, -0.2) is 15.8 Å². The smallest absolute Gasteiger partial charge is 0.218 e. The second-order valence-electron chi connectivity index (χ2n) is 4.00. The van der Waals surface area contributed by atoms with Gasteiger partial charge in [0, 0.05) is 6.07 Å². The molecule has 0 atom stereocenters. The molecular formula is C12H22N4O. The molecule has 5 nitrogen and oxygen atoms in total. The van der Waals surface area contributed by atoms with Crippen molar-refractivity contribution in [2.75, 3.05) is 12.0 Å². The molecule has 1 heterocycles. The standard InChI is InChI=1S/C12H22N4O/c1-2-3-4-5-6-7-8-17-12-9-11(16-13)14-10-15-12/h9-10H,2-8,13H2,1H3,(H,14,15,16). The Kier molecular flexibility index (Phi) is 7.06. The van der Waals surface area contributed by atoms with Gasteiger partial charge in [0.15, 0.2) is 0 Å². The van der Waals surface area contributed by atoms with Crippen molar-refractivity contribution >= 4 is 5.82 Å². The molecule has 0 aliphatic carbocycles. The quantitative estimate of drug-likeness (QED) is 0.393. The Morgan fingerprint density at radius 1 is 1.18 bits per heavy atom. The lowest BCUT2D eigenvalue weighted by Crippen LogP contribution is -2.09. The van der Waals surface area contributed by atoms with Gasteiger partial charge in [-0.15, -0.1) is 0 Å². The van der Waals surface area contributed by atoms with Crippen LogP contribution in [0.4, 0.5) is 5.82 Å². The normalized spacial score (nSPS) is 10.2. The third kappa shape index (κ3) is 6.06. The summed E-state index contributed by atoms with van der Waals surface area (Å²) in [5.74, 6) is 6.38. The highest BCUT2D eigenvalue weighted by Crippen LogP contribution is 2.11. The van der Waals surface area contributed by atoms with E-state index in [1.54, 1.807) is 6.07 Å². The van der Waals surface area contributed by atoms with Gasteiger partial charge in [-0.3, -0.25) is 0 Å². The molecule has 1 aromatic heterocycles. The molecule has 0 unspecified atom stereocenters. The zero-order valence-electron chi connectivity index (χ0n) is 10.5. The van der Waals surface area contributed by atoms with Gasteiger partial charge in [-0.1, -0.05) is 39.0 Å². The topological polar surface area (TPSA) is 73.1 Å². The maximum absolute atomic E-state index is 5.51. The van der Waals surface area contributed by atoms with Gasteiger partial charge in [-0.2, -0.15) is 0 Å². The van der Waals surface area contributed by atoms with E-state index in [9.17, 15) is 0 Å². The molecule has 0 aromatic carbocycles. The Bertz CT molecular complexity index is 306. The van der Waals surface area contributed by atoms with E-state index in [1.807, 2.05) is 0 Å². The summed E-state index contributed by atoms with van der Waals surface area (Å²) < 4.78 is 5.51. The van der Waals surface area contributed by atoms with Crippen LogP contribution in [-0.4, -0.2) is 16.6 Å². The molecule has 0 saturated carbocycles. The predicted molar refractivity (Wildman–Crippen MR) is 68.7 cm³/mol. The summed E-state index contributed by atoms with van der Waals surface area (Å²) in [6, 6.07) is 1.69. The minimum Gasteiger partial charge on any atom is -0.478 e. The van der Waals surface area contributed by atoms with E-state index < -0.39 is 0 Å². The predicted octanol–water partition coefficient (Wildman–Crippen LogP) is 2.50. The number of rotatable bonds is 9. The number of nitrogens with two attached hydrogens (primary N) is 1. The number of aromatic nitrogens is 2. The van der Waals surface area contributed by atoms with Crippen LogP contribution in [0.3, 0.4) is 0 Å². The van der Waals surface area contributed by atoms with Crippen LogP contribution in [0.1, 0.15) is 45.4 Å². The molecule has 17 heavy (non-hydrogen) atoms. The number of hydrogen-bond acceptors (Lipinski definition) is 5. The van der Waals surface area contributed by atoms with Gasteiger partial charge in [0.1, 0.15) is 12.1 Å². The minimum atomic E-state index is 0.568. The number of ether oxygens (including phenoxy) is 1. The Balaban J connectivity index is 2.09. The third-order valence-corrected chi connectivity index (χ3v) is 2.54. The minimum absolute atomic E-state index is 0.568. The second-order valence-corrected chi connectivity index (χ2v) is 4.00. The molecule has 1 aromatic rings. The lowest BCUT2D eigenvalue weighted by Gasteiger charge is -2.06. The molecule has 5 heteroatoms. The molecule has 0 fully saturated rings. The molecule has 0 amide bonds. The molecule has 0 spiro atoms. The van der Waals surface area contributed by atoms with Crippen LogP contribution < -0.4 is 16.0 Å². The summed E-state index contributed by atoms with van der Waals surface area (Å²) in [6.45, 7) is 2.93. The van der Waals surface area contributed by atoms with Gasteiger partial charge >= 0.3 is 0 Å². The van der Waals surface area contributed by atoms with Crippen molar-refractivity contribution in [3.05, 3.63) is 12.4 Å². The zero-order chi connectivity index (χ0) is 12.3. The van der Waals surface area contributed by atoms with Gasteiger partial charge < -0.3 is 10.2 Å². The Morgan fingerprint density at radius 2 is 1.94 bits per heavy atom. The molecule has 1 rings (SSSR count). The second kappa shape index (κ2) is 8.75. The van der Waals surface area contributed by atoms with E-state index in [0.717, 1.165) is 6.42 Å². The first kappa shape index (κ1) is 13.7. The van der Waals surface area contributed by atoms with Crippen molar-refractivity contribution in [2.45, 2.75) is 45.4 Å². The van der Waals surface area contributed by atoms with Crippen molar-refractivity contribution in [3.63, 3.8) is 0 Å². The SMILES string of the molecule is CCCCCCCCOc1cc(NN)ncn1. The maximum Gasteiger partial charge on any atom is 0.218 e. The summed E-state index contributed by atoms with van der Waals surface area (Å²) in [4.78, 5) is 7.91. The highest BCUT2D eigenvalue weighted by molar-refractivity contribution is 5.35. The molecule has 0 bridgehead atoms. The summed E-state index contributed by atoms with van der Waals surface area (Å²) >= 11 is 0. The number of nitrogens with one attached hydrogen (secondary N) is 1. The van der Waals surface area contributed by atoms with Crippen LogP contribution in [0.2, 0.25) is 0 Å². The van der Waals surface area contributed by atoms with Crippen LogP contribution in [-0.2, 0) is 0 Å². The number of hydrazine groups is 1. The van der Waals surface area contributed by atoms with Crippen molar-refractivity contribution in [3.8, 4) is 5.88 Å². The molecule has 0 aliphatic heterocycles. The van der Waals surface area contributed by atoms with E-state index in [-0.39, 0.29) is 0 Å². The summed E-state index contributed by atoms with van der Waals surface area (Å²) in [5.41, 5.74) is 2.46. The Hall–Kier alpha value is -1.36.